The van der Waals surface area contributed by atoms with Gasteiger partial charge in [-0.05, 0) is 60.9 Å². The van der Waals surface area contributed by atoms with Gasteiger partial charge in [0.15, 0.2) is 0 Å². The minimum atomic E-state index is -0.778. The van der Waals surface area contributed by atoms with Crippen molar-refractivity contribution < 1.29 is 14.6 Å². The fourth-order valence-corrected chi connectivity index (χ4v) is 5.59. The van der Waals surface area contributed by atoms with E-state index in [9.17, 15) is 9.90 Å². The summed E-state index contributed by atoms with van der Waals surface area (Å²) in [5.41, 5.74) is 5.79. The number of aromatic hydroxyl groups is 1. The molecule has 5 nitrogen and oxygen atoms in total. The standard InChI is InChI=1S/C28H24N2O3/c1-17(22-15-18(33-2)11-12-25(22)31)16-28-23-9-5-3-8-21(23)27(32)30(28)14-13-20-19-7-4-6-10-24(19)29-26(20)28/h3-12,15-16,29,31H,13-14H2,1-2H3/t28-/m0/s1. The Hall–Kier alpha value is -3.99. The Bertz CT molecular complexity index is 1470. The highest BCUT2D eigenvalue weighted by Crippen LogP contribution is 2.51. The summed E-state index contributed by atoms with van der Waals surface area (Å²) in [4.78, 5) is 19.2. The van der Waals surface area contributed by atoms with Crippen molar-refractivity contribution in [3.8, 4) is 11.5 Å². The first-order chi connectivity index (χ1) is 16.0. The molecule has 0 bridgehead atoms. The van der Waals surface area contributed by atoms with Gasteiger partial charge in [-0.1, -0.05) is 36.4 Å². The second kappa shape index (κ2) is 7.01. The number of allylic oxidation sites excluding steroid dienone is 1. The molecule has 3 heterocycles. The van der Waals surface area contributed by atoms with Gasteiger partial charge in [0, 0.05) is 34.1 Å². The second-order valence-corrected chi connectivity index (χ2v) is 8.75. The minimum absolute atomic E-state index is 0.0359. The molecule has 1 aromatic heterocycles. The average Bonchev–Trinajstić information content (AvgIpc) is 3.34. The number of benzene rings is 3. The van der Waals surface area contributed by atoms with Gasteiger partial charge in [-0.2, -0.15) is 0 Å². The lowest BCUT2D eigenvalue weighted by Crippen LogP contribution is -2.48. The number of nitrogens with zero attached hydrogens (tertiary/aromatic N) is 1. The van der Waals surface area contributed by atoms with Crippen molar-refractivity contribution in [2.45, 2.75) is 18.9 Å². The monoisotopic (exact) mass is 436 g/mol. The fourth-order valence-electron chi connectivity index (χ4n) is 5.59. The van der Waals surface area contributed by atoms with E-state index in [1.54, 1.807) is 19.2 Å². The molecule has 2 aliphatic rings. The molecule has 0 saturated carbocycles. The molecule has 5 heteroatoms. The normalized spacial score (nSPS) is 19.4. The Morgan fingerprint density at radius 1 is 1.12 bits per heavy atom. The van der Waals surface area contributed by atoms with E-state index in [-0.39, 0.29) is 11.7 Å². The number of hydrogen-bond donors (Lipinski definition) is 2. The lowest BCUT2D eigenvalue weighted by Gasteiger charge is -2.41. The molecule has 2 aliphatic heterocycles. The van der Waals surface area contributed by atoms with Crippen LogP contribution in [-0.2, 0) is 12.0 Å². The topological polar surface area (TPSA) is 65.6 Å². The van der Waals surface area contributed by atoms with Crippen LogP contribution in [0, 0.1) is 0 Å². The number of phenolic OH excluding ortho intramolecular Hbond substituents is 1. The van der Waals surface area contributed by atoms with E-state index < -0.39 is 5.54 Å². The first-order valence-corrected chi connectivity index (χ1v) is 11.1. The van der Waals surface area contributed by atoms with Crippen LogP contribution in [0.25, 0.3) is 16.5 Å². The summed E-state index contributed by atoms with van der Waals surface area (Å²) in [6.07, 6.45) is 2.91. The lowest BCUT2D eigenvalue weighted by molar-refractivity contribution is 0.0666. The molecule has 0 spiro atoms. The zero-order valence-corrected chi connectivity index (χ0v) is 18.6. The van der Waals surface area contributed by atoms with Gasteiger partial charge in [0.25, 0.3) is 5.91 Å². The average molecular weight is 437 g/mol. The Morgan fingerprint density at radius 3 is 2.76 bits per heavy atom. The number of phenols is 1. The van der Waals surface area contributed by atoms with Crippen molar-refractivity contribution in [1.29, 1.82) is 0 Å². The third-order valence-corrected chi connectivity index (χ3v) is 7.07. The third kappa shape index (κ3) is 2.62. The number of amides is 1. The van der Waals surface area contributed by atoms with Crippen LogP contribution >= 0.6 is 0 Å². The van der Waals surface area contributed by atoms with Crippen LogP contribution < -0.4 is 4.74 Å². The highest BCUT2D eigenvalue weighted by Gasteiger charge is 2.53. The van der Waals surface area contributed by atoms with Crippen LogP contribution in [-0.4, -0.2) is 34.6 Å². The maximum Gasteiger partial charge on any atom is 0.255 e. The molecule has 0 unspecified atom stereocenters. The fraction of sp³-hybridized carbons (Fsp3) is 0.179. The molecule has 1 amide bonds. The van der Waals surface area contributed by atoms with Gasteiger partial charge in [-0.15, -0.1) is 0 Å². The molecule has 2 N–H and O–H groups in total. The molecule has 1 atom stereocenters. The number of aromatic amines is 1. The molecule has 33 heavy (non-hydrogen) atoms. The number of rotatable bonds is 3. The van der Waals surface area contributed by atoms with Gasteiger partial charge >= 0.3 is 0 Å². The zero-order valence-electron chi connectivity index (χ0n) is 18.6. The number of methoxy groups -OCH3 is 1. The lowest BCUT2D eigenvalue weighted by atomic mass is 9.79. The molecule has 4 aromatic rings. The van der Waals surface area contributed by atoms with Gasteiger partial charge in [0.05, 0.1) is 12.8 Å². The molecule has 164 valence electrons. The highest BCUT2D eigenvalue weighted by atomic mass is 16.5. The van der Waals surface area contributed by atoms with Crippen LogP contribution in [0.3, 0.4) is 0 Å². The Kier molecular flexibility index (Phi) is 4.18. The molecule has 3 aromatic carbocycles. The van der Waals surface area contributed by atoms with Crippen molar-refractivity contribution in [2.75, 3.05) is 13.7 Å². The summed E-state index contributed by atoms with van der Waals surface area (Å²) < 4.78 is 5.40. The Balaban J connectivity index is 1.68. The van der Waals surface area contributed by atoms with E-state index in [1.807, 2.05) is 48.2 Å². The molecule has 0 fully saturated rings. The molecule has 6 rings (SSSR count). The van der Waals surface area contributed by atoms with E-state index in [4.69, 9.17) is 4.74 Å². The van der Waals surface area contributed by atoms with Crippen LogP contribution in [0.15, 0.2) is 72.8 Å². The molecule has 0 aliphatic carbocycles. The zero-order chi connectivity index (χ0) is 22.7. The van der Waals surface area contributed by atoms with E-state index >= 15 is 0 Å². The summed E-state index contributed by atoms with van der Waals surface area (Å²) in [5, 5.41) is 11.8. The van der Waals surface area contributed by atoms with Gasteiger partial charge in [-0.3, -0.25) is 4.79 Å². The number of aromatic nitrogens is 1. The number of ether oxygens (including phenoxy) is 1. The van der Waals surface area contributed by atoms with Crippen LogP contribution in [0.5, 0.6) is 11.5 Å². The van der Waals surface area contributed by atoms with Crippen molar-refractivity contribution in [3.05, 3.63) is 101 Å². The third-order valence-electron chi connectivity index (χ3n) is 7.07. The van der Waals surface area contributed by atoms with Crippen molar-refractivity contribution >= 4 is 22.4 Å². The summed E-state index contributed by atoms with van der Waals surface area (Å²) in [6.45, 7) is 2.60. The van der Waals surface area contributed by atoms with Crippen molar-refractivity contribution in [1.82, 2.24) is 9.88 Å². The molecule has 0 saturated heterocycles. The smallest absolute Gasteiger partial charge is 0.255 e. The summed E-state index contributed by atoms with van der Waals surface area (Å²) in [5.74, 6) is 0.884. The molecular formula is C28H24N2O3. The Morgan fingerprint density at radius 2 is 1.91 bits per heavy atom. The number of carbonyl (C=O) groups is 1. The second-order valence-electron chi connectivity index (χ2n) is 8.75. The highest BCUT2D eigenvalue weighted by molar-refractivity contribution is 6.03. The van der Waals surface area contributed by atoms with Gasteiger partial charge in [0.1, 0.15) is 17.0 Å². The number of para-hydroxylation sites is 1. The minimum Gasteiger partial charge on any atom is -0.507 e. The predicted octanol–water partition coefficient (Wildman–Crippen LogP) is 5.24. The van der Waals surface area contributed by atoms with Crippen molar-refractivity contribution in [2.24, 2.45) is 0 Å². The van der Waals surface area contributed by atoms with E-state index in [1.165, 1.54) is 10.9 Å². The van der Waals surface area contributed by atoms with Gasteiger partial charge in [-0.25, -0.2) is 0 Å². The van der Waals surface area contributed by atoms with E-state index in [2.05, 4.69) is 29.3 Å². The number of carbonyl (C=O) groups excluding carboxylic acids is 1. The van der Waals surface area contributed by atoms with E-state index in [0.29, 0.717) is 17.9 Å². The van der Waals surface area contributed by atoms with Crippen LogP contribution in [0.2, 0.25) is 0 Å². The maximum absolute atomic E-state index is 13.6. The summed E-state index contributed by atoms with van der Waals surface area (Å²) in [7, 11) is 1.61. The largest absolute Gasteiger partial charge is 0.507 e. The SMILES string of the molecule is COc1ccc(O)c(C(C)=C[C@@]23c4ccccc4C(=O)N2CCc2c3[nH]c3ccccc23)c1. The first-order valence-electron chi connectivity index (χ1n) is 11.1. The Labute approximate surface area is 191 Å². The number of hydrogen-bond acceptors (Lipinski definition) is 3. The van der Waals surface area contributed by atoms with E-state index in [0.717, 1.165) is 34.3 Å². The van der Waals surface area contributed by atoms with Gasteiger partial charge in [0.2, 0.25) is 0 Å². The predicted molar refractivity (Wildman–Crippen MR) is 129 cm³/mol. The number of H-pyrrole nitrogens is 1. The van der Waals surface area contributed by atoms with Crippen molar-refractivity contribution in [3.63, 3.8) is 0 Å². The van der Waals surface area contributed by atoms with Crippen LogP contribution in [0.4, 0.5) is 0 Å². The number of fused-ring (bicyclic) bond motifs is 7. The number of nitrogens with one attached hydrogen (secondary N) is 1. The molecular weight excluding hydrogens is 412 g/mol. The molecule has 0 radical (unpaired) electrons. The maximum atomic E-state index is 13.6. The quantitative estimate of drug-likeness (QED) is 0.462. The summed E-state index contributed by atoms with van der Waals surface area (Å²) in [6, 6.07) is 21.4. The van der Waals surface area contributed by atoms with Gasteiger partial charge < -0.3 is 19.7 Å². The summed E-state index contributed by atoms with van der Waals surface area (Å²) >= 11 is 0. The van der Waals surface area contributed by atoms with Crippen LogP contribution in [0.1, 0.15) is 39.7 Å². The first kappa shape index (κ1) is 19.7.